The Bertz CT molecular complexity index is 438. The normalized spacial score (nSPS) is 12.6. The number of rotatable bonds is 9. The molecule has 0 heterocycles. The fourth-order valence-corrected chi connectivity index (χ4v) is 2.76. The molecule has 1 aromatic carbocycles. The van der Waals surface area contributed by atoms with Crippen molar-refractivity contribution >= 4 is 11.6 Å². The highest BCUT2D eigenvalue weighted by molar-refractivity contribution is 5.78. The van der Waals surface area contributed by atoms with Gasteiger partial charge in [0, 0.05) is 18.3 Å². The summed E-state index contributed by atoms with van der Waals surface area (Å²) >= 11 is 0. The molecule has 1 amide bonds. The van der Waals surface area contributed by atoms with Crippen molar-refractivity contribution in [3.05, 3.63) is 29.8 Å². The molecule has 0 radical (unpaired) electrons. The maximum atomic E-state index is 12.1. The van der Waals surface area contributed by atoms with E-state index in [1.807, 2.05) is 24.3 Å². The lowest BCUT2D eigenvalue weighted by Gasteiger charge is -2.31. The van der Waals surface area contributed by atoms with Gasteiger partial charge in [0.2, 0.25) is 5.91 Å². The molecular formula is C18H31N3O. The first-order valence-electron chi connectivity index (χ1n) is 8.31. The van der Waals surface area contributed by atoms with E-state index < -0.39 is 0 Å². The SMILES string of the molecule is CCN(CC)C(CNC(=O)Cc1ccc(N)cc1)CC(C)C. The van der Waals surface area contributed by atoms with Crippen LogP contribution in [0.4, 0.5) is 5.69 Å². The van der Waals surface area contributed by atoms with Gasteiger partial charge in [-0.3, -0.25) is 9.69 Å². The van der Waals surface area contributed by atoms with Crippen molar-refractivity contribution in [3.8, 4) is 0 Å². The van der Waals surface area contributed by atoms with Crippen molar-refractivity contribution < 1.29 is 4.79 Å². The minimum atomic E-state index is 0.0747. The van der Waals surface area contributed by atoms with Crippen molar-refractivity contribution in [1.82, 2.24) is 10.2 Å². The maximum Gasteiger partial charge on any atom is 0.224 e. The quantitative estimate of drug-likeness (QED) is 0.690. The number of nitrogens with two attached hydrogens (primary N) is 1. The van der Waals surface area contributed by atoms with Crippen LogP contribution in [0, 0.1) is 5.92 Å². The van der Waals surface area contributed by atoms with E-state index in [0.717, 1.165) is 30.8 Å². The van der Waals surface area contributed by atoms with Crippen molar-refractivity contribution in [1.29, 1.82) is 0 Å². The first-order chi connectivity index (χ1) is 10.5. The summed E-state index contributed by atoms with van der Waals surface area (Å²) in [6, 6.07) is 7.89. The molecule has 0 aliphatic rings. The molecule has 1 atom stereocenters. The lowest BCUT2D eigenvalue weighted by atomic mass is 10.0. The second kappa shape index (κ2) is 9.46. The molecule has 3 N–H and O–H groups in total. The molecule has 1 rings (SSSR count). The third kappa shape index (κ3) is 6.48. The molecule has 124 valence electrons. The third-order valence-corrected chi connectivity index (χ3v) is 3.95. The average Bonchev–Trinajstić information content (AvgIpc) is 2.47. The number of likely N-dealkylation sites (N-methyl/N-ethyl adjacent to an activating group) is 1. The van der Waals surface area contributed by atoms with Crippen LogP contribution in [-0.2, 0) is 11.2 Å². The molecule has 0 saturated carbocycles. The number of amides is 1. The van der Waals surface area contributed by atoms with E-state index in [1.165, 1.54) is 0 Å². The summed E-state index contributed by atoms with van der Waals surface area (Å²) in [5, 5.41) is 3.09. The van der Waals surface area contributed by atoms with Gasteiger partial charge in [-0.15, -0.1) is 0 Å². The standard InChI is InChI=1S/C18H31N3O/c1-5-21(6-2)17(11-14(3)4)13-20-18(22)12-15-7-9-16(19)10-8-15/h7-10,14,17H,5-6,11-13,19H2,1-4H3,(H,20,22). The van der Waals surface area contributed by atoms with Gasteiger partial charge in [0.15, 0.2) is 0 Å². The summed E-state index contributed by atoms with van der Waals surface area (Å²) < 4.78 is 0. The Balaban J connectivity index is 2.52. The predicted molar refractivity (Wildman–Crippen MR) is 93.7 cm³/mol. The monoisotopic (exact) mass is 305 g/mol. The Hall–Kier alpha value is -1.55. The molecule has 0 aromatic heterocycles. The summed E-state index contributed by atoms with van der Waals surface area (Å²) in [5.41, 5.74) is 7.38. The summed E-state index contributed by atoms with van der Waals surface area (Å²) in [7, 11) is 0. The second-order valence-electron chi connectivity index (χ2n) is 6.23. The van der Waals surface area contributed by atoms with Gasteiger partial charge in [-0.25, -0.2) is 0 Å². The van der Waals surface area contributed by atoms with Crippen LogP contribution in [0.3, 0.4) is 0 Å². The lowest BCUT2D eigenvalue weighted by Crippen LogP contribution is -2.44. The maximum absolute atomic E-state index is 12.1. The number of carbonyl (C=O) groups is 1. The lowest BCUT2D eigenvalue weighted by molar-refractivity contribution is -0.120. The van der Waals surface area contributed by atoms with E-state index in [1.54, 1.807) is 0 Å². The van der Waals surface area contributed by atoms with Crippen LogP contribution in [0.25, 0.3) is 0 Å². The van der Waals surface area contributed by atoms with Gasteiger partial charge in [-0.2, -0.15) is 0 Å². The van der Waals surface area contributed by atoms with Gasteiger partial charge in [0.05, 0.1) is 6.42 Å². The zero-order valence-corrected chi connectivity index (χ0v) is 14.4. The van der Waals surface area contributed by atoms with E-state index in [0.29, 0.717) is 24.9 Å². The fourth-order valence-electron chi connectivity index (χ4n) is 2.76. The number of carbonyl (C=O) groups excluding carboxylic acids is 1. The molecule has 22 heavy (non-hydrogen) atoms. The molecule has 4 heteroatoms. The molecule has 0 aliphatic carbocycles. The summed E-state index contributed by atoms with van der Waals surface area (Å²) in [4.78, 5) is 14.5. The number of nitrogen functional groups attached to an aromatic ring is 1. The minimum Gasteiger partial charge on any atom is -0.399 e. The molecule has 0 saturated heterocycles. The second-order valence-corrected chi connectivity index (χ2v) is 6.23. The summed E-state index contributed by atoms with van der Waals surface area (Å²) in [5.74, 6) is 0.699. The van der Waals surface area contributed by atoms with Crippen molar-refractivity contribution in [3.63, 3.8) is 0 Å². The molecule has 0 spiro atoms. The summed E-state index contributed by atoms with van der Waals surface area (Å²) in [6.45, 7) is 11.6. The topological polar surface area (TPSA) is 58.4 Å². The molecular weight excluding hydrogens is 274 g/mol. The van der Waals surface area contributed by atoms with Gasteiger partial charge < -0.3 is 11.1 Å². The highest BCUT2D eigenvalue weighted by atomic mass is 16.1. The number of nitrogens with one attached hydrogen (secondary N) is 1. The van der Waals surface area contributed by atoms with Crippen LogP contribution < -0.4 is 11.1 Å². The van der Waals surface area contributed by atoms with E-state index in [-0.39, 0.29) is 5.91 Å². The number of benzene rings is 1. The largest absolute Gasteiger partial charge is 0.399 e. The van der Waals surface area contributed by atoms with E-state index in [2.05, 4.69) is 37.9 Å². The van der Waals surface area contributed by atoms with E-state index in [4.69, 9.17) is 5.73 Å². The van der Waals surface area contributed by atoms with E-state index >= 15 is 0 Å². The Morgan fingerprint density at radius 1 is 1.18 bits per heavy atom. The predicted octanol–water partition coefficient (Wildman–Crippen LogP) is 2.68. The number of hydrogen-bond acceptors (Lipinski definition) is 3. The van der Waals surface area contributed by atoms with Crippen molar-refractivity contribution in [2.45, 2.75) is 46.6 Å². The van der Waals surface area contributed by atoms with Crippen molar-refractivity contribution in [2.24, 2.45) is 5.92 Å². The summed E-state index contributed by atoms with van der Waals surface area (Å²) in [6.07, 6.45) is 1.51. The first kappa shape index (κ1) is 18.5. The van der Waals surface area contributed by atoms with Gasteiger partial charge in [0.1, 0.15) is 0 Å². The van der Waals surface area contributed by atoms with Crippen LogP contribution in [0.15, 0.2) is 24.3 Å². The van der Waals surface area contributed by atoms with Crippen LogP contribution in [0.5, 0.6) is 0 Å². The molecule has 1 aromatic rings. The number of anilines is 1. The Labute approximate surface area is 135 Å². The zero-order chi connectivity index (χ0) is 16.5. The van der Waals surface area contributed by atoms with Gasteiger partial charge in [0.25, 0.3) is 0 Å². The smallest absolute Gasteiger partial charge is 0.224 e. The van der Waals surface area contributed by atoms with Gasteiger partial charge in [-0.05, 0) is 43.1 Å². The van der Waals surface area contributed by atoms with Crippen molar-refractivity contribution in [2.75, 3.05) is 25.4 Å². The minimum absolute atomic E-state index is 0.0747. The Kier molecular flexibility index (Phi) is 7.96. The van der Waals surface area contributed by atoms with Crippen LogP contribution in [0.2, 0.25) is 0 Å². The first-order valence-corrected chi connectivity index (χ1v) is 8.31. The van der Waals surface area contributed by atoms with Crippen LogP contribution >= 0.6 is 0 Å². The van der Waals surface area contributed by atoms with Crippen LogP contribution in [-0.4, -0.2) is 36.5 Å². The highest BCUT2D eigenvalue weighted by Gasteiger charge is 2.18. The number of hydrogen-bond donors (Lipinski definition) is 2. The average molecular weight is 305 g/mol. The Morgan fingerprint density at radius 3 is 2.27 bits per heavy atom. The van der Waals surface area contributed by atoms with Crippen LogP contribution in [0.1, 0.15) is 39.7 Å². The highest BCUT2D eigenvalue weighted by Crippen LogP contribution is 2.11. The third-order valence-electron chi connectivity index (χ3n) is 3.95. The molecule has 0 bridgehead atoms. The Morgan fingerprint density at radius 2 is 1.77 bits per heavy atom. The van der Waals surface area contributed by atoms with E-state index in [9.17, 15) is 4.79 Å². The molecule has 0 aliphatic heterocycles. The number of nitrogens with zero attached hydrogens (tertiary/aromatic N) is 1. The van der Waals surface area contributed by atoms with Gasteiger partial charge >= 0.3 is 0 Å². The molecule has 1 unspecified atom stereocenters. The molecule has 0 fully saturated rings. The van der Waals surface area contributed by atoms with Gasteiger partial charge in [-0.1, -0.05) is 39.8 Å². The fraction of sp³-hybridized carbons (Fsp3) is 0.611. The molecule has 4 nitrogen and oxygen atoms in total. The zero-order valence-electron chi connectivity index (χ0n) is 14.4.